The van der Waals surface area contributed by atoms with Crippen molar-refractivity contribution in [3.8, 4) is 0 Å². The molecular formula is C8H10O4. The third kappa shape index (κ3) is 4.38. The predicted molar refractivity (Wildman–Crippen MR) is 41.7 cm³/mol. The number of hydrogen-bond acceptors (Lipinski definition) is 3. The fourth-order valence-corrected chi connectivity index (χ4v) is 0.600. The smallest absolute Gasteiger partial charge is 0.331 e. The number of carbonyl (C=O) groups is 3. The number of aliphatic carboxylic acids is 1. The van der Waals surface area contributed by atoms with Crippen molar-refractivity contribution in [2.75, 3.05) is 0 Å². The van der Waals surface area contributed by atoms with Crippen LogP contribution < -0.4 is 0 Å². The van der Waals surface area contributed by atoms with Gasteiger partial charge in [-0.15, -0.1) is 0 Å². The molecule has 0 amide bonds. The van der Waals surface area contributed by atoms with Crippen LogP contribution in [0.25, 0.3) is 0 Å². The van der Waals surface area contributed by atoms with Crippen molar-refractivity contribution in [1.29, 1.82) is 0 Å². The van der Waals surface area contributed by atoms with E-state index in [2.05, 4.69) is 0 Å². The van der Waals surface area contributed by atoms with Crippen LogP contribution >= 0.6 is 0 Å². The molecule has 66 valence electrons. The molecule has 1 N–H and O–H groups in total. The average Bonchev–Trinajstić information content (AvgIpc) is 1.84. The number of hydrogen-bond donors (Lipinski definition) is 1. The van der Waals surface area contributed by atoms with Gasteiger partial charge in [-0.3, -0.25) is 9.59 Å². The van der Waals surface area contributed by atoms with Gasteiger partial charge < -0.3 is 5.11 Å². The quantitative estimate of drug-likeness (QED) is 0.494. The van der Waals surface area contributed by atoms with Gasteiger partial charge in [0.1, 0.15) is 5.78 Å². The molecular weight excluding hydrogens is 160 g/mol. The number of carbonyl (C=O) groups excluding carboxylic acids is 2. The van der Waals surface area contributed by atoms with Crippen LogP contribution in [-0.4, -0.2) is 22.6 Å². The molecule has 12 heavy (non-hydrogen) atoms. The van der Waals surface area contributed by atoms with E-state index in [-0.39, 0.29) is 17.8 Å². The average molecular weight is 170 g/mol. The first-order valence-electron chi connectivity index (χ1n) is 3.37. The number of carboxylic acids is 1. The van der Waals surface area contributed by atoms with E-state index in [1.165, 1.54) is 13.8 Å². The molecule has 0 aromatic heterocycles. The third-order valence-corrected chi connectivity index (χ3v) is 1.14. The first-order valence-corrected chi connectivity index (χ1v) is 3.37. The minimum atomic E-state index is -1.15. The largest absolute Gasteiger partial charge is 0.478 e. The Morgan fingerprint density at radius 3 is 2.08 bits per heavy atom. The van der Waals surface area contributed by atoms with Gasteiger partial charge in [0.25, 0.3) is 0 Å². The van der Waals surface area contributed by atoms with Crippen molar-refractivity contribution in [2.24, 2.45) is 0 Å². The minimum absolute atomic E-state index is 0.0544. The second kappa shape index (κ2) is 4.43. The minimum Gasteiger partial charge on any atom is -0.478 e. The summed E-state index contributed by atoms with van der Waals surface area (Å²) in [6, 6.07) is 0. The number of allylic oxidation sites excluding steroid dienone is 1. The van der Waals surface area contributed by atoms with Crippen LogP contribution in [0.3, 0.4) is 0 Å². The van der Waals surface area contributed by atoms with E-state index in [9.17, 15) is 14.4 Å². The topological polar surface area (TPSA) is 71.4 Å². The van der Waals surface area contributed by atoms with E-state index >= 15 is 0 Å². The van der Waals surface area contributed by atoms with E-state index in [0.717, 1.165) is 6.08 Å². The first-order chi connectivity index (χ1) is 5.43. The highest BCUT2D eigenvalue weighted by Crippen LogP contribution is 1.95. The van der Waals surface area contributed by atoms with Crippen LogP contribution in [0.4, 0.5) is 0 Å². The van der Waals surface area contributed by atoms with Crippen molar-refractivity contribution in [3.05, 3.63) is 11.6 Å². The predicted octanol–water partition coefficient (Wildman–Crippen LogP) is 0.565. The number of rotatable bonds is 4. The lowest BCUT2D eigenvalue weighted by Gasteiger charge is -1.91. The number of carboxylic acid groups (broad SMARTS) is 1. The summed E-state index contributed by atoms with van der Waals surface area (Å²) in [5.74, 6) is -1.89. The molecule has 4 heteroatoms. The molecule has 0 heterocycles. The second-order valence-corrected chi connectivity index (χ2v) is 2.48. The van der Waals surface area contributed by atoms with E-state index in [1.807, 2.05) is 0 Å². The van der Waals surface area contributed by atoms with Crippen LogP contribution in [0.15, 0.2) is 11.6 Å². The molecule has 0 rings (SSSR count). The van der Waals surface area contributed by atoms with Crippen molar-refractivity contribution in [2.45, 2.75) is 20.3 Å². The molecule has 0 saturated heterocycles. The van der Waals surface area contributed by atoms with E-state index in [0.29, 0.717) is 0 Å². The molecule has 0 atom stereocenters. The molecule has 0 radical (unpaired) electrons. The molecule has 0 aromatic carbocycles. The molecule has 0 aromatic rings. The van der Waals surface area contributed by atoms with Crippen LogP contribution in [0, 0.1) is 0 Å². The Morgan fingerprint density at radius 2 is 1.75 bits per heavy atom. The summed E-state index contributed by atoms with van der Waals surface area (Å²) in [6.07, 6.45) is 0.731. The van der Waals surface area contributed by atoms with Gasteiger partial charge in [-0.1, -0.05) is 0 Å². The molecule has 0 spiro atoms. The highest BCUT2D eigenvalue weighted by molar-refractivity contribution is 6.06. The van der Waals surface area contributed by atoms with Crippen LogP contribution in [0.2, 0.25) is 0 Å². The van der Waals surface area contributed by atoms with Crippen LogP contribution in [0.1, 0.15) is 20.3 Å². The Labute approximate surface area is 69.9 Å². The van der Waals surface area contributed by atoms with Crippen molar-refractivity contribution >= 4 is 17.5 Å². The van der Waals surface area contributed by atoms with Gasteiger partial charge in [0.2, 0.25) is 0 Å². The molecule has 0 aliphatic rings. The Bertz CT molecular complexity index is 250. The maximum atomic E-state index is 10.8. The summed E-state index contributed by atoms with van der Waals surface area (Å²) in [5, 5.41) is 8.36. The summed E-state index contributed by atoms with van der Waals surface area (Å²) in [6.45, 7) is 2.59. The lowest BCUT2D eigenvalue weighted by atomic mass is 10.1. The Balaban J connectivity index is 4.24. The van der Waals surface area contributed by atoms with Gasteiger partial charge in [-0.2, -0.15) is 0 Å². The molecule has 4 nitrogen and oxygen atoms in total. The van der Waals surface area contributed by atoms with Crippen LogP contribution in [0.5, 0.6) is 0 Å². The molecule has 0 saturated carbocycles. The summed E-state index contributed by atoms with van der Waals surface area (Å²) in [7, 11) is 0. The first kappa shape index (κ1) is 10.6. The summed E-state index contributed by atoms with van der Waals surface area (Å²) in [5.41, 5.74) is -0.0544. The summed E-state index contributed by atoms with van der Waals surface area (Å²) >= 11 is 0. The summed E-state index contributed by atoms with van der Waals surface area (Å²) < 4.78 is 0. The molecule has 0 fully saturated rings. The van der Waals surface area contributed by atoms with Gasteiger partial charge >= 0.3 is 5.97 Å². The SMILES string of the molecule is CC(=O)CC(=O)/C=C(\C)C(=O)O. The van der Waals surface area contributed by atoms with E-state index in [4.69, 9.17) is 5.11 Å². The van der Waals surface area contributed by atoms with E-state index < -0.39 is 11.8 Å². The van der Waals surface area contributed by atoms with Gasteiger partial charge in [-0.25, -0.2) is 4.79 Å². The fraction of sp³-hybridized carbons (Fsp3) is 0.375. The maximum Gasteiger partial charge on any atom is 0.331 e. The third-order valence-electron chi connectivity index (χ3n) is 1.14. The van der Waals surface area contributed by atoms with Gasteiger partial charge in [0, 0.05) is 5.57 Å². The summed E-state index contributed by atoms with van der Waals surface area (Å²) in [4.78, 5) is 31.4. The van der Waals surface area contributed by atoms with Gasteiger partial charge in [0.05, 0.1) is 6.42 Å². The van der Waals surface area contributed by atoms with Crippen molar-refractivity contribution in [3.63, 3.8) is 0 Å². The second-order valence-electron chi connectivity index (χ2n) is 2.48. The van der Waals surface area contributed by atoms with Crippen LogP contribution in [-0.2, 0) is 14.4 Å². The van der Waals surface area contributed by atoms with Crippen molar-refractivity contribution < 1.29 is 19.5 Å². The highest BCUT2D eigenvalue weighted by atomic mass is 16.4. The van der Waals surface area contributed by atoms with E-state index in [1.54, 1.807) is 0 Å². The number of ketones is 2. The number of Topliss-reactive ketones (excluding diaryl/α,β-unsaturated/α-hetero) is 1. The zero-order chi connectivity index (χ0) is 9.72. The Kier molecular flexibility index (Phi) is 3.90. The standard InChI is InChI=1S/C8H10O4/c1-5(8(11)12)3-7(10)4-6(2)9/h3H,4H2,1-2H3,(H,11,12)/b5-3+. The fourth-order valence-electron chi connectivity index (χ4n) is 0.600. The zero-order valence-corrected chi connectivity index (χ0v) is 6.96. The normalized spacial score (nSPS) is 11.0. The maximum absolute atomic E-state index is 10.8. The Hall–Kier alpha value is -1.45. The molecule has 0 aliphatic carbocycles. The monoisotopic (exact) mass is 170 g/mol. The highest BCUT2D eigenvalue weighted by Gasteiger charge is 2.05. The van der Waals surface area contributed by atoms with Gasteiger partial charge in [0.15, 0.2) is 5.78 Å². The zero-order valence-electron chi connectivity index (χ0n) is 6.96. The van der Waals surface area contributed by atoms with Gasteiger partial charge in [-0.05, 0) is 19.9 Å². The Morgan fingerprint density at radius 1 is 1.25 bits per heavy atom. The molecule has 0 unspecified atom stereocenters. The molecule has 0 bridgehead atoms. The molecule has 0 aliphatic heterocycles. The lowest BCUT2D eigenvalue weighted by molar-refractivity contribution is -0.133. The van der Waals surface area contributed by atoms with Crippen molar-refractivity contribution in [1.82, 2.24) is 0 Å². The lowest BCUT2D eigenvalue weighted by Crippen LogP contribution is -2.04.